The van der Waals surface area contributed by atoms with E-state index in [4.69, 9.17) is 5.26 Å². The van der Waals surface area contributed by atoms with Gasteiger partial charge in [0, 0.05) is 25.8 Å². The molecule has 1 aliphatic rings. The zero-order chi connectivity index (χ0) is 12.7. The summed E-state index contributed by atoms with van der Waals surface area (Å²) in [5.74, 6) is 0.381. The highest BCUT2D eigenvalue weighted by Gasteiger charge is 2.16. The number of rotatable bonds is 4. The quantitative estimate of drug-likeness (QED) is 0.595. The Morgan fingerprint density at radius 3 is 3.00 bits per heavy atom. The van der Waals surface area contributed by atoms with Crippen LogP contribution in [0.2, 0.25) is 0 Å². The minimum absolute atomic E-state index is 0.215. The Morgan fingerprint density at radius 2 is 2.41 bits per heavy atom. The molecule has 0 aromatic rings. The summed E-state index contributed by atoms with van der Waals surface area (Å²) in [6, 6.07) is 1.98. The molecule has 0 aromatic carbocycles. The van der Waals surface area contributed by atoms with Crippen molar-refractivity contribution in [3.63, 3.8) is 0 Å². The second kappa shape index (κ2) is 6.95. The van der Waals surface area contributed by atoms with Crippen molar-refractivity contribution in [2.45, 2.75) is 33.1 Å². The van der Waals surface area contributed by atoms with Crippen LogP contribution < -0.4 is 5.32 Å². The summed E-state index contributed by atoms with van der Waals surface area (Å²) in [5, 5.41) is 11.7. The van der Waals surface area contributed by atoms with Crippen molar-refractivity contribution in [3.8, 4) is 6.07 Å². The fourth-order valence-electron chi connectivity index (χ4n) is 2.00. The average Bonchev–Trinajstić information content (AvgIpc) is 2.33. The Balaban J connectivity index is 2.59. The van der Waals surface area contributed by atoms with E-state index in [-0.39, 0.29) is 11.5 Å². The molecule has 17 heavy (non-hydrogen) atoms. The average molecular weight is 235 g/mol. The molecule has 4 heteroatoms. The molecular formula is C13H21N3O. The number of piperidine rings is 1. The second-order valence-electron chi connectivity index (χ2n) is 4.65. The van der Waals surface area contributed by atoms with Gasteiger partial charge < -0.3 is 10.2 Å². The van der Waals surface area contributed by atoms with Gasteiger partial charge in [-0.15, -0.1) is 0 Å². The standard InChI is InChI=1S/C13H21N3O/c1-3-6-15-13(17)12(8-14)10-16-7-4-5-11(2)9-16/h10-11H,3-7,9H2,1-2H3,(H,15,17)/b12-10-. The monoisotopic (exact) mass is 235 g/mol. The number of nitrogens with one attached hydrogen (secondary N) is 1. The molecule has 0 radical (unpaired) electrons. The van der Waals surface area contributed by atoms with Crippen LogP contribution in [-0.2, 0) is 4.79 Å². The third-order valence-electron chi connectivity index (χ3n) is 2.90. The van der Waals surface area contributed by atoms with Crippen LogP contribution in [-0.4, -0.2) is 30.4 Å². The van der Waals surface area contributed by atoms with Gasteiger partial charge in [-0.1, -0.05) is 13.8 Å². The van der Waals surface area contributed by atoms with Crippen molar-refractivity contribution < 1.29 is 4.79 Å². The number of carbonyl (C=O) groups is 1. The van der Waals surface area contributed by atoms with E-state index in [1.165, 1.54) is 6.42 Å². The topological polar surface area (TPSA) is 56.1 Å². The predicted octanol–water partition coefficient (Wildman–Crippen LogP) is 1.65. The Bertz CT molecular complexity index is 330. The first-order chi connectivity index (χ1) is 8.17. The van der Waals surface area contributed by atoms with Gasteiger partial charge in [0.2, 0.25) is 0 Å². The van der Waals surface area contributed by atoms with Crippen molar-refractivity contribution in [2.24, 2.45) is 5.92 Å². The summed E-state index contributed by atoms with van der Waals surface area (Å²) in [4.78, 5) is 13.7. The smallest absolute Gasteiger partial charge is 0.263 e. The molecule has 4 nitrogen and oxygen atoms in total. The van der Waals surface area contributed by atoms with Crippen molar-refractivity contribution in [3.05, 3.63) is 11.8 Å². The van der Waals surface area contributed by atoms with Gasteiger partial charge in [-0.25, -0.2) is 0 Å². The number of nitrogens with zero attached hydrogens (tertiary/aromatic N) is 2. The van der Waals surface area contributed by atoms with Gasteiger partial charge in [0.25, 0.3) is 5.91 Å². The fraction of sp³-hybridized carbons (Fsp3) is 0.692. The Hall–Kier alpha value is -1.50. The first-order valence-electron chi connectivity index (χ1n) is 6.31. The lowest BCUT2D eigenvalue weighted by atomic mass is 10.0. The van der Waals surface area contributed by atoms with Gasteiger partial charge in [0.05, 0.1) is 0 Å². The maximum atomic E-state index is 11.7. The maximum absolute atomic E-state index is 11.7. The third-order valence-corrected chi connectivity index (χ3v) is 2.90. The van der Waals surface area contributed by atoms with Crippen molar-refractivity contribution >= 4 is 5.91 Å². The van der Waals surface area contributed by atoms with Crippen LogP contribution in [0.4, 0.5) is 0 Å². The summed E-state index contributed by atoms with van der Waals surface area (Å²) in [5.41, 5.74) is 0.215. The molecule has 0 saturated carbocycles. The van der Waals surface area contributed by atoms with Crippen LogP contribution in [0.3, 0.4) is 0 Å². The summed E-state index contributed by atoms with van der Waals surface area (Å²) >= 11 is 0. The van der Waals surface area contributed by atoms with E-state index in [0.29, 0.717) is 12.5 Å². The molecule has 1 unspecified atom stereocenters. The van der Waals surface area contributed by atoms with E-state index in [0.717, 1.165) is 25.9 Å². The molecule has 94 valence electrons. The molecule has 0 spiro atoms. The minimum atomic E-state index is -0.257. The van der Waals surface area contributed by atoms with E-state index in [1.54, 1.807) is 6.20 Å². The van der Waals surface area contributed by atoms with Crippen molar-refractivity contribution in [1.82, 2.24) is 10.2 Å². The Morgan fingerprint density at radius 1 is 1.65 bits per heavy atom. The normalized spacial score (nSPS) is 20.9. The van der Waals surface area contributed by atoms with E-state index in [9.17, 15) is 4.79 Å². The third kappa shape index (κ3) is 4.48. The Labute approximate surface area is 103 Å². The zero-order valence-corrected chi connectivity index (χ0v) is 10.7. The second-order valence-corrected chi connectivity index (χ2v) is 4.65. The van der Waals surface area contributed by atoms with E-state index >= 15 is 0 Å². The van der Waals surface area contributed by atoms with Gasteiger partial charge in [-0.3, -0.25) is 4.79 Å². The molecule has 1 fully saturated rings. The minimum Gasteiger partial charge on any atom is -0.376 e. The highest BCUT2D eigenvalue weighted by Crippen LogP contribution is 2.16. The lowest BCUT2D eigenvalue weighted by Gasteiger charge is -2.29. The maximum Gasteiger partial charge on any atom is 0.263 e. The molecule has 0 aliphatic carbocycles. The molecule has 1 atom stereocenters. The zero-order valence-electron chi connectivity index (χ0n) is 10.7. The van der Waals surface area contributed by atoms with Crippen LogP contribution in [0.1, 0.15) is 33.1 Å². The molecule has 1 saturated heterocycles. The summed E-state index contributed by atoms with van der Waals surface area (Å²) in [6.07, 6.45) is 4.95. The highest BCUT2D eigenvalue weighted by molar-refractivity contribution is 5.97. The van der Waals surface area contributed by atoms with Crippen LogP contribution in [0.25, 0.3) is 0 Å². The van der Waals surface area contributed by atoms with Crippen molar-refractivity contribution in [2.75, 3.05) is 19.6 Å². The van der Waals surface area contributed by atoms with Gasteiger partial charge in [-0.05, 0) is 25.2 Å². The van der Waals surface area contributed by atoms with Gasteiger partial charge in [0.15, 0.2) is 0 Å². The number of amides is 1. The van der Waals surface area contributed by atoms with Crippen LogP contribution in [0.15, 0.2) is 11.8 Å². The summed E-state index contributed by atoms with van der Waals surface area (Å²) < 4.78 is 0. The van der Waals surface area contributed by atoms with Crippen molar-refractivity contribution in [1.29, 1.82) is 5.26 Å². The van der Waals surface area contributed by atoms with Crippen LogP contribution >= 0.6 is 0 Å². The number of likely N-dealkylation sites (tertiary alicyclic amines) is 1. The number of hydrogen-bond donors (Lipinski definition) is 1. The van der Waals surface area contributed by atoms with Crippen LogP contribution in [0.5, 0.6) is 0 Å². The Kier molecular flexibility index (Phi) is 5.55. The van der Waals surface area contributed by atoms with Gasteiger partial charge >= 0.3 is 0 Å². The lowest BCUT2D eigenvalue weighted by Crippen LogP contribution is -2.32. The molecular weight excluding hydrogens is 214 g/mol. The molecule has 1 amide bonds. The summed E-state index contributed by atoms with van der Waals surface area (Å²) in [7, 11) is 0. The summed E-state index contributed by atoms with van der Waals surface area (Å²) in [6.45, 7) is 6.68. The van der Waals surface area contributed by atoms with E-state index in [1.807, 2.05) is 13.0 Å². The van der Waals surface area contributed by atoms with Gasteiger partial charge in [0.1, 0.15) is 11.6 Å². The van der Waals surface area contributed by atoms with Gasteiger partial charge in [-0.2, -0.15) is 5.26 Å². The first kappa shape index (κ1) is 13.6. The SMILES string of the molecule is CCCNC(=O)/C(C#N)=C\N1CCCC(C)C1. The molecule has 1 N–H and O–H groups in total. The molecule has 1 heterocycles. The molecule has 1 rings (SSSR count). The number of nitriles is 1. The van der Waals surface area contributed by atoms with E-state index < -0.39 is 0 Å². The largest absolute Gasteiger partial charge is 0.376 e. The first-order valence-corrected chi connectivity index (χ1v) is 6.31. The van der Waals surface area contributed by atoms with E-state index in [2.05, 4.69) is 17.1 Å². The molecule has 0 aromatic heterocycles. The van der Waals surface area contributed by atoms with Crippen LogP contribution in [0, 0.1) is 17.2 Å². The molecule has 1 aliphatic heterocycles. The predicted molar refractivity (Wildman–Crippen MR) is 67.0 cm³/mol. The number of hydrogen-bond acceptors (Lipinski definition) is 3. The molecule has 0 bridgehead atoms. The lowest BCUT2D eigenvalue weighted by molar-refractivity contribution is -0.117. The number of carbonyl (C=O) groups excluding carboxylic acids is 1. The fourth-order valence-corrected chi connectivity index (χ4v) is 2.00. The highest BCUT2D eigenvalue weighted by atomic mass is 16.1.